The molecule has 0 bridgehead atoms. The number of amides is 1. The van der Waals surface area contributed by atoms with Gasteiger partial charge in [0.15, 0.2) is 6.61 Å². The van der Waals surface area contributed by atoms with Crippen molar-refractivity contribution in [2.24, 2.45) is 0 Å². The molecule has 1 saturated heterocycles. The Hall–Kier alpha value is -2.52. The number of hydrogen-bond acceptors (Lipinski definition) is 4. The molecule has 0 unspecified atom stereocenters. The standard InChI is InChI=1S/C18H18F2N2O4S/c19-14-4-3-5-15(12-14)26-13-18(23)21-8-10-22(11-9-21)27(24,25)17-7-2-1-6-16(17)20/h1-7,12H,8-11,13H2. The van der Waals surface area contributed by atoms with Crippen LogP contribution in [0.4, 0.5) is 8.78 Å². The van der Waals surface area contributed by atoms with Gasteiger partial charge in [0.2, 0.25) is 10.0 Å². The number of rotatable bonds is 5. The number of piperazine rings is 1. The number of nitrogens with zero attached hydrogens (tertiary/aromatic N) is 2. The number of sulfonamides is 1. The van der Waals surface area contributed by atoms with Gasteiger partial charge in [0.05, 0.1) is 0 Å². The molecule has 9 heteroatoms. The van der Waals surface area contributed by atoms with E-state index in [9.17, 15) is 22.0 Å². The molecule has 27 heavy (non-hydrogen) atoms. The van der Waals surface area contributed by atoms with E-state index in [4.69, 9.17) is 4.74 Å². The van der Waals surface area contributed by atoms with Gasteiger partial charge in [0, 0.05) is 32.2 Å². The summed E-state index contributed by atoms with van der Waals surface area (Å²) in [7, 11) is -3.95. The molecule has 2 aromatic rings. The highest BCUT2D eigenvalue weighted by Crippen LogP contribution is 2.20. The van der Waals surface area contributed by atoms with Crippen molar-refractivity contribution in [1.82, 2.24) is 9.21 Å². The van der Waals surface area contributed by atoms with Gasteiger partial charge in [-0.25, -0.2) is 17.2 Å². The molecule has 0 radical (unpaired) electrons. The Morgan fingerprint density at radius 2 is 1.70 bits per heavy atom. The Bertz CT molecular complexity index is 928. The van der Waals surface area contributed by atoms with E-state index in [2.05, 4.69) is 0 Å². The lowest BCUT2D eigenvalue weighted by atomic mass is 10.3. The van der Waals surface area contributed by atoms with Gasteiger partial charge in [-0.2, -0.15) is 4.31 Å². The number of carbonyl (C=O) groups is 1. The normalized spacial score (nSPS) is 15.6. The average molecular weight is 396 g/mol. The van der Waals surface area contributed by atoms with Gasteiger partial charge >= 0.3 is 0 Å². The first-order chi connectivity index (χ1) is 12.9. The zero-order chi connectivity index (χ0) is 19.4. The molecule has 0 spiro atoms. The molecular weight excluding hydrogens is 378 g/mol. The van der Waals surface area contributed by atoms with Crippen LogP contribution in [-0.4, -0.2) is 56.3 Å². The molecule has 0 saturated carbocycles. The van der Waals surface area contributed by atoms with Crippen molar-refractivity contribution < 1.29 is 26.7 Å². The van der Waals surface area contributed by atoms with Gasteiger partial charge in [0.25, 0.3) is 5.91 Å². The van der Waals surface area contributed by atoms with Crippen LogP contribution in [0.15, 0.2) is 53.4 Å². The number of ether oxygens (including phenoxy) is 1. The fraction of sp³-hybridized carbons (Fsp3) is 0.278. The zero-order valence-corrected chi connectivity index (χ0v) is 15.2. The van der Waals surface area contributed by atoms with Crippen LogP contribution in [0.5, 0.6) is 5.75 Å². The number of halogens is 2. The Balaban J connectivity index is 1.57. The van der Waals surface area contributed by atoms with E-state index >= 15 is 0 Å². The quantitative estimate of drug-likeness (QED) is 0.774. The molecule has 0 atom stereocenters. The topological polar surface area (TPSA) is 66.9 Å². The minimum absolute atomic E-state index is 0.0579. The van der Waals surface area contributed by atoms with Crippen LogP contribution in [0.1, 0.15) is 0 Å². The fourth-order valence-electron chi connectivity index (χ4n) is 2.76. The molecule has 0 N–H and O–H groups in total. The van der Waals surface area contributed by atoms with E-state index in [1.54, 1.807) is 0 Å². The summed E-state index contributed by atoms with van der Waals surface area (Å²) in [5.41, 5.74) is 0. The zero-order valence-electron chi connectivity index (χ0n) is 14.3. The number of hydrogen-bond donors (Lipinski definition) is 0. The second kappa shape index (κ2) is 8.01. The van der Waals surface area contributed by atoms with Crippen LogP contribution in [0, 0.1) is 11.6 Å². The van der Waals surface area contributed by atoms with E-state index in [0.717, 1.165) is 10.4 Å². The number of benzene rings is 2. The number of carbonyl (C=O) groups excluding carboxylic acids is 1. The molecule has 6 nitrogen and oxygen atoms in total. The van der Waals surface area contributed by atoms with Crippen LogP contribution in [0.2, 0.25) is 0 Å². The van der Waals surface area contributed by atoms with Gasteiger partial charge in [-0.15, -0.1) is 0 Å². The van der Waals surface area contributed by atoms with Gasteiger partial charge in [0.1, 0.15) is 22.3 Å². The predicted molar refractivity (Wildman–Crippen MR) is 93.6 cm³/mol. The van der Waals surface area contributed by atoms with Crippen molar-refractivity contribution in [3.05, 3.63) is 60.2 Å². The summed E-state index contributed by atoms with van der Waals surface area (Å²) in [6.07, 6.45) is 0. The van der Waals surface area contributed by atoms with E-state index in [-0.39, 0.29) is 49.3 Å². The van der Waals surface area contributed by atoms with E-state index < -0.39 is 21.7 Å². The summed E-state index contributed by atoms with van der Waals surface area (Å²) in [6.45, 7) is 0.173. The molecule has 1 heterocycles. The van der Waals surface area contributed by atoms with Crippen molar-refractivity contribution in [2.75, 3.05) is 32.8 Å². The Morgan fingerprint density at radius 3 is 2.37 bits per heavy atom. The maximum atomic E-state index is 13.8. The first-order valence-corrected chi connectivity index (χ1v) is 9.73. The summed E-state index contributed by atoms with van der Waals surface area (Å²) in [5, 5.41) is 0. The average Bonchev–Trinajstić information content (AvgIpc) is 2.66. The van der Waals surface area contributed by atoms with Crippen LogP contribution in [-0.2, 0) is 14.8 Å². The second-order valence-corrected chi connectivity index (χ2v) is 7.87. The molecule has 0 aromatic heterocycles. The van der Waals surface area contributed by atoms with Gasteiger partial charge in [-0.05, 0) is 24.3 Å². The minimum Gasteiger partial charge on any atom is -0.484 e. The molecule has 1 aliphatic rings. The molecule has 2 aromatic carbocycles. The van der Waals surface area contributed by atoms with Crippen LogP contribution >= 0.6 is 0 Å². The van der Waals surface area contributed by atoms with Crippen molar-refractivity contribution in [3.8, 4) is 5.75 Å². The minimum atomic E-state index is -3.95. The lowest BCUT2D eigenvalue weighted by Crippen LogP contribution is -2.51. The highest BCUT2D eigenvalue weighted by atomic mass is 32.2. The fourth-order valence-corrected chi connectivity index (χ4v) is 4.25. The van der Waals surface area contributed by atoms with Crippen molar-refractivity contribution in [3.63, 3.8) is 0 Å². The lowest BCUT2D eigenvalue weighted by Gasteiger charge is -2.34. The summed E-state index contributed by atoms with van der Waals surface area (Å²) in [5.74, 6) is -1.36. The van der Waals surface area contributed by atoms with E-state index in [0.29, 0.717) is 0 Å². The summed E-state index contributed by atoms with van der Waals surface area (Å²) >= 11 is 0. The van der Waals surface area contributed by atoms with Gasteiger partial charge < -0.3 is 9.64 Å². The maximum Gasteiger partial charge on any atom is 0.260 e. The lowest BCUT2D eigenvalue weighted by molar-refractivity contribution is -0.134. The first-order valence-electron chi connectivity index (χ1n) is 8.29. The highest BCUT2D eigenvalue weighted by Gasteiger charge is 2.31. The Labute approximate surface area is 156 Å². The largest absolute Gasteiger partial charge is 0.484 e. The van der Waals surface area contributed by atoms with Crippen LogP contribution in [0.25, 0.3) is 0 Å². The van der Waals surface area contributed by atoms with E-state index in [1.165, 1.54) is 47.4 Å². The first kappa shape index (κ1) is 19.2. The molecule has 1 fully saturated rings. The molecule has 3 rings (SSSR count). The molecule has 0 aliphatic carbocycles. The maximum absolute atomic E-state index is 13.8. The summed E-state index contributed by atoms with van der Waals surface area (Å²) in [4.78, 5) is 13.3. The van der Waals surface area contributed by atoms with Crippen LogP contribution < -0.4 is 4.74 Å². The predicted octanol–water partition coefficient (Wildman–Crippen LogP) is 1.88. The van der Waals surface area contributed by atoms with Crippen molar-refractivity contribution >= 4 is 15.9 Å². The molecule has 1 aliphatic heterocycles. The third-order valence-corrected chi connectivity index (χ3v) is 6.14. The molecule has 1 amide bonds. The highest BCUT2D eigenvalue weighted by molar-refractivity contribution is 7.89. The Kier molecular flexibility index (Phi) is 5.71. The van der Waals surface area contributed by atoms with E-state index in [1.807, 2.05) is 0 Å². The second-order valence-electron chi connectivity index (χ2n) is 5.96. The third kappa shape index (κ3) is 4.42. The summed E-state index contributed by atoms with van der Waals surface area (Å²) in [6, 6.07) is 10.6. The van der Waals surface area contributed by atoms with Crippen molar-refractivity contribution in [2.45, 2.75) is 4.90 Å². The SMILES string of the molecule is O=C(COc1cccc(F)c1)N1CCN(S(=O)(=O)c2ccccc2F)CC1. The van der Waals surface area contributed by atoms with Crippen molar-refractivity contribution in [1.29, 1.82) is 0 Å². The third-order valence-electron chi connectivity index (χ3n) is 4.20. The smallest absolute Gasteiger partial charge is 0.260 e. The van der Waals surface area contributed by atoms with Gasteiger partial charge in [-0.1, -0.05) is 18.2 Å². The molecule has 144 valence electrons. The van der Waals surface area contributed by atoms with Crippen LogP contribution in [0.3, 0.4) is 0 Å². The monoisotopic (exact) mass is 396 g/mol. The summed E-state index contributed by atoms with van der Waals surface area (Å²) < 4.78 is 58.4. The Morgan fingerprint density at radius 1 is 1.00 bits per heavy atom. The molecular formula is C18H18F2N2O4S. The van der Waals surface area contributed by atoms with Gasteiger partial charge in [-0.3, -0.25) is 4.79 Å².